The van der Waals surface area contributed by atoms with Crippen molar-refractivity contribution in [3.8, 4) is 0 Å². The van der Waals surface area contributed by atoms with Crippen LogP contribution in [-0.4, -0.2) is 69.3 Å². The number of hydrogen-bond acceptors (Lipinski definition) is 6. The summed E-state index contributed by atoms with van der Waals surface area (Å²) >= 11 is 0. The molecule has 3 aliphatic carbocycles. The van der Waals surface area contributed by atoms with E-state index in [4.69, 9.17) is 9.15 Å². The maximum atomic E-state index is 17.1. The average Bonchev–Trinajstić information content (AvgIpc) is 3.52. The second-order valence-electron chi connectivity index (χ2n) is 12.0. The van der Waals surface area contributed by atoms with Gasteiger partial charge >= 0.3 is 0 Å². The van der Waals surface area contributed by atoms with Gasteiger partial charge in [0.15, 0.2) is 17.6 Å². The standard InChI is InChI=1S/C28H33FN2O4/c1-25-8-10-27(29)13-18-23(32)24(33)20(31(2)3)14-26(18)9-11-28(27,35-26)22(25)7-5-17(25)16-4-6-21-19(12-16)30-15-34-21/h4-6,12-13,15,20,22-24,32-33H,7-11,14H2,1-3H3. The number of rotatable bonds is 2. The number of fused-ring (bicyclic) bond motifs is 2. The van der Waals surface area contributed by atoms with Gasteiger partial charge in [-0.3, -0.25) is 0 Å². The molecule has 0 amide bonds. The zero-order valence-electron chi connectivity index (χ0n) is 20.5. The molecule has 2 spiro atoms. The van der Waals surface area contributed by atoms with Crippen LogP contribution >= 0.6 is 0 Å². The fourth-order valence-corrected chi connectivity index (χ4v) is 8.46. The molecule has 2 N–H and O–H groups in total. The third-order valence-electron chi connectivity index (χ3n) is 10.3. The molecule has 8 atom stereocenters. The van der Waals surface area contributed by atoms with Gasteiger partial charge in [0.25, 0.3) is 0 Å². The average molecular weight is 481 g/mol. The molecule has 2 aromatic rings. The van der Waals surface area contributed by atoms with Crippen LogP contribution in [0.25, 0.3) is 16.7 Å². The molecule has 2 bridgehead atoms. The van der Waals surface area contributed by atoms with Crippen molar-refractivity contribution < 1.29 is 23.8 Å². The molecule has 0 radical (unpaired) electrons. The molecule has 3 heterocycles. The number of allylic oxidation sites excluding steroid dienone is 2. The molecule has 35 heavy (non-hydrogen) atoms. The Balaban J connectivity index is 1.31. The van der Waals surface area contributed by atoms with Gasteiger partial charge in [-0.15, -0.1) is 0 Å². The minimum atomic E-state index is -1.66. The highest BCUT2D eigenvalue weighted by Crippen LogP contribution is 2.71. The molecule has 5 aliphatic rings. The van der Waals surface area contributed by atoms with Crippen molar-refractivity contribution in [2.45, 2.75) is 80.6 Å². The number of halogens is 1. The first-order chi connectivity index (χ1) is 16.6. The van der Waals surface area contributed by atoms with Crippen LogP contribution in [0.1, 0.15) is 51.0 Å². The predicted octanol–water partition coefficient (Wildman–Crippen LogP) is 4.02. The van der Waals surface area contributed by atoms with E-state index >= 15 is 4.39 Å². The fourth-order valence-electron chi connectivity index (χ4n) is 8.46. The zero-order valence-corrected chi connectivity index (χ0v) is 20.5. The van der Waals surface area contributed by atoms with Crippen LogP contribution in [0.4, 0.5) is 4.39 Å². The Bertz CT molecular complexity index is 1290. The summed E-state index contributed by atoms with van der Waals surface area (Å²) in [7, 11) is 3.82. The summed E-state index contributed by atoms with van der Waals surface area (Å²) in [6.45, 7) is 2.27. The van der Waals surface area contributed by atoms with E-state index in [-0.39, 0.29) is 17.4 Å². The van der Waals surface area contributed by atoms with E-state index in [1.165, 1.54) is 12.0 Å². The second-order valence-corrected chi connectivity index (χ2v) is 12.0. The van der Waals surface area contributed by atoms with Crippen molar-refractivity contribution in [1.82, 2.24) is 9.88 Å². The van der Waals surface area contributed by atoms with Gasteiger partial charge in [-0.1, -0.05) is 19.1 Å². The molecule has 7 rings (SSSR count). The summed E-state index contributed by atoms with van der Waals surface area (Å²) in [5.74, 6) is -0.00395. The van der Waals surface area contributed by atoms with Crippen molar-refractivity contribution in [1.29, 1.82) is 0 Å². The fraction of sp³-hybridized carbons (Fsp3) is 0.607. The monoisotopic (exact) mass is 480 g/mol. The number of alkyl halides is 1. The largest absolute Gasteiger partial charge is 0.443 e. The highest BCUT2D eigenvalue weighted by Gasteiger charge is 2.74. The van der Waals surface area contributed by atoms with Crippen molar-refractivity contribution in [2.24, 2.45) is 11.3 Å². The van der Waals surface area contributed by atoms with Gasteiger partial charge in [0, 0.05) is 12.0 Å². The number of likely N-dealkylation sites (N-methyl/N-ethyl adjacent to an activating group) is 1. The first-order valence-electron chi connectivity index (χ1n) is 12.8. The molecule has 8 unspecified atom stereocenters. The first kappa shape index (κ1) is 22.2. The second kappa shape index (κ2) is 6.82. The molecule has 1 aromatic carbocycles. The van der Waals surface area contributed by atoms with Gasteiger partial charge in [0.05, 0.1) is 11.7 Å². The van der Waals surface area contributed by atoms with Crippen molar-refractivity contribution in [2.75, 3.05) is 14.1 Å². The molecule has 2 aliphatic heterocycles. The lowest BCUT2D eigenvalue weighted by atomic mass is 9.53. The SMILES string of the molecule is CN(C)C1CC23CCC4(O2)C2CC=C(c5ccc6ocnc6c5)C2(C)CCC4(F)C=C3C(O)C1O. The van der Waals surface area contributed by atoms with Crippen LogP contribution in [0.3, 0.4) is 0 Å². The Morgan fingerprint density at radius 2 is 1.97 bits per heavy atom. The van der Waals surface area contributed by atoms with Gasteiger partial charge in [-0.05, 0) is 93.0 Å². The zero-order chi connectivity index (χ0) is 24.4. The highest BCUT2D eigenvalue weighted by molar-refractivity contribution is 5.82. The minimum Gasteiger partial charge on any atom is -0.443 e. The summed E-state index contributed by atoms with van der Waals surface area (Å²) in [6, 6.07) is 5.87. The molecular formula is C28H33FN2O4. The lowest BCUT2D eigenvalue weighted by Crippen LogP contribution is -2.68. The summed E-state index contributed by atoms with van der Waals surface area (Å²) in [5, 5.41) is 21.9. The number of aliphatic hydroxyl groups is 2. The molecule has 186 valence electrons. The lowest BCUT2D eigenvalue weighted by molar-refractivity contribution is -0.239. The number of oxazole rings is 1. The van der Waals surface area contributed by atoms with E-state index in [1.54, 1.807) is 6.08 Å². The van der Waals surface area contributed by atoms with Crippen molar-refractivity contribution in [3.63, 3.8) is 0 Å². The molecule has 7 heteroatoms. The van der Waals surface area contributed by atoms with Gasteiger partial charge in [-0.25, -0.2) is 9.37 Å². The minimum absolute atomic E-state index is 0.00395. The van der Waals surface area contributed by atoms with Gasteiger partial charge < -0.3 is 24.3 Å². The van der Waals surface area contributed by atoms with Gasteiger partial charge in [0.2, 0.25) is 0 Å². The Labute approximate surface area is 204 Å². The Morgan fingerprint density at radius 3 is 2.77 bits per heavy atom. The van der Waals surface area contributed by atoms with Gasteiger partial charge in [-0.2, -0.15) is 0 Å². The topological polar surface area (TPSA) is 79.0 Å². The normalized spacial score (nSPS) is 46.3. The number of benzene rings is 1. The Kier molecular flexibility index (Phi) is 4.32. The summed E-state index contributed by atoms with van der Waals surface area (Å²) < 4.78 is 29.5. The third-order valence-corrected chi connectivity index (χ3v) is 10.3. The molecule has 2 saturated carbocycles. The van der Waals surface area contributed by atoms with E-state index in [9.17, 15) is 10.2 Å². The number of aromatic nitrogens is 1. The van der Waals surface area contributed by atoms with Crippen molar-refractivity contribution >= 4 is 16.7 Å². The smallest absolute Gasteiger partial charge is 0.181 e. The summed E-state index contributed by atoms with van der Waals surface area (Å²) in [4.78, 5) is 6.28. The van der Waals surface area contributed by atoms with Crippen LogP contribution in [0.2, 0.25) is 0 Å². The maximum absolute atomic E-state index is 17.1. The van der Waals surface area contributed by atoms with E-state index in [0.717, 1.165) is 23.1 Å². The molecule has 3 fully saturated rings. The number of nitrogens with zero attached hydrogens (tertiary/aromatic N) is 2. The third kappa shape index (κ3) is 2.60. The molecule has 1 saturated heterocycles. The van der Waals surface area contributed by atoms with Gasteiger partial charge in [0.1, 0.15) is 17.2 Å². The van der Waals surface area contributed by atoms with Crippen LogP contribution in [-0.2, 0) is 4.74 Å². The molecule has 1 aromatic heterocycles. The van der Waals surface area contributed by atoms with Crippen LogP contribution < -0.4 is 0 Å². The number of aliphatic hydroxyl groups excluding tert-OH is 2. The van der Waals surface area contributed by atoms with Crippen molar-refractivity contribution in [3.05, 3.63) is 47.9 Å². The number of ether oxygens (including phenoxy) is 1. The lowest BCUT2D eigenvalue weighted by Gasteiger charge is -2.60. The Morgan fingerprint density at radius 1 is 1.14 bits per heavy atom. The van der Waals surface area contributed by atoms with E-state index < -0.39 is 29.1 Å². The molecule has 6 nitrogen and oxygen atoms in total. The van der Waals surface area contributed by atoms with Crippen LogP contribution in [0.5, 0.6) is 0 Å². The molecular weight excluding hydrogens is 447 g/mol. The van der Waals surface area contributed by atoms with E-state index in [0.29, 0.717) is 37.7 Å². The quantitative estimate of drug-likeness (QED) is 0.632. The first-order valence-corrected chi connectivity index (χ1v) is 12.8. The summed E-state index contributed by atoms with van der Waals surface area (Å²) in [6.07, 6.45) is 7.01. The van der Waals surface area contributed by atoms with Crippen LogP contribution in [0, 0.1) is 11.3 Å². The summed E-state index contributed by atoms with van der Waals surface area (Å²) in [5.41, 5.74) is 0.979. The van der Waals surface area contributed by atoms with E-state index in [2.05, 4.69) is 30.1 Å². The highest BCUT2D eigenvalue weighted by atomic mass is 19.1. The van der Waals surface area contributed by atoms with Crippen LogP contribution in [0.15, 0.2) is 46.7 Å². The Hall–Kier alpha value is -2.06. The maximum Gasteiger partial charge on any atom is 0.181 e. The number of hydrogen-bond donors (Lipinski definition) is 2. The van der Waals surface area contributed by atoms with E-state index in [1.807, 2.05) is 25.1 Å². The predicted molar refractivity (Wildman–Crippen MR) is 129 cm³/mol.